The van der Waals surface area contributed by atoms with Crippen molar-refractivity contribution in [3.63, 3.8) is 0 Å². The highest BCUT2D eigenvalue weighted by Crippen LogP contribution is 2.34. The quantitative estimate of drug-likeness (QED) is 0.791. The summed E-state index contributed by atoms with van der Waals surface area (Å²) in [5.41, 5.74) is 3.59. The largest absolute Gasteiger partial charge is 0.393 e. The average Bonchev–Trinajstić information content (AvgIpc) is 2.92. The number of carbonyl (C=O) groups excluding carboxylic acids is 1. The highest BCUT2D eigenvalue weighted by atomic mass is 16.3. The van der Waals surface area contributed by atoms with Crippen LogP contribution in [0.25, 0.3) is 10.8 Å². The average molecular weight is 312 g/mol. The van der Waals surface area contributed by atoms with Crippen LogP contribution in [0.3, 0.4) is 0 Å². The van der Waals surface area contributed by atoms with Gasteiger partial charge in [-0.25, -0.2) is 4.79 Å². The second kappa shape index (κ2) is 6.59. The van der Waals surface area contributed by atoms with Crippen LogP contribution in [0.4, 0.5) is 10.5 Å². The molecule has 0 spiro atoms. The summed E-state index contributed by atoms with van der Waals surface area (Å²) >= 11 is 0. The van der Waals surface area contributed by atoms with Gasteiger partial charge in [-0.15, -0.1) is 0 Å². The lowest BCUT2D eigenvalue weighted by Gasteiger charge is -2.15. The molecule has 0 aliphatic heterocycles. The fourth-order valence-corrected chi connectivity index (χ4v) is 3.45. The molecule has 0 fully saturated rings. The van der Waals surface area contributed by atoms with E-state index in [1.165, 1.54) is 16.5 Å². The third-order valence-corrected chi connectivity index (χ3v) is 4.48. The lowest BCUT2D eigenvalue weighted by atomic mass is 10.0. The van der Waals surface area contributed by atoms with E-state index in [4.69, 9.17) is 0 Å². The van der Waals surface area contributed by atoms with Crippen molar-refractivity contribution in [3.05, 3.63) is 41.5 Å². The molecule has 23 heavy (non-hydrogen) atoms. The first-order valence-corrected chi connectivity index (χ1v) is 8.31. The summed E-state index contributed by atoms with van der Waals surface area (Å²) in [6, 6.07) is 10.2. The predicted octanol–water partition coefficient (Wildman–Crippen LogP) is 3.47. The molecule has 0 heterocycles. The second-order valence-electron chi connectivity index (χ2n) is 6.64. The SMILES string of the molecule is CC(O)CC(C)CNC(=O)Nc1ccc2c3c(cccc13)CC2. The van der Waals surface area contributed by atoms with Crippen molar-refractivity contribution in [2.45, 2.75) is 39.2 Å². The maximum absolute atomic E-state index is 12.1. The first-order valence-electron chi connectivity index (χ1n) is 8.31. The fraction of sp³-hybridized carbons (Fsp3) is 0.421. The molecular weight excluding hydrogens is 288 g/mol. The van der Waals surface area contributed by atoms with Crippen molar-refractivity contribution in [1.29, 1.82) is 0 Å². The van der Waals surface area contributed by atoms with E-state index < -0.39 is 0 Å². The molecule has 3 rings (SSSR count). The third kappa shape index (κ3) is 3.48. The monoisotopic (exact) mass is 312 g/mol. The molecule has 3 N–H and O–H groups in total. The summed E-state index contributed by atoms with van der Waals surface area (Å²) in [7, 11) is 0. The number of hydrogen-bond acceptors (Lipinski definition) is 2. The molecule has 2 aromatic carbocycles. The molecule has 2 aromatic rings. The minimum atomic E-state index is -0.341. The van der Waals surface area contributed by atoms with Gasteiger partial charge in [0, 0.05) is 11.9 Å². The van der Waals surface area contributed by atoms with E-state index in [0.29, 0.717) is 13.0 Å². The maximum Gasteiger partial charge on any atom is 0.319 e. The van der Waals surface area contributed by atoms with Crippen molar-refractivity contribution in [3.8, 4) is 0 Å². The highest BCUT2D eigenvalue weighted by Gasteiger charge is 2.16. The number of anilines is 1. The minimum absolute atomic E-state index is 0.193. The summed E-state index contributed by atoms with van der Waals surface area (Å²) in [4.78, 5) is 12.1. The van der Waals surface area contributed by atoms with Gasteiger partial charge in [0.1, 0.15) is 0 Å². The number of benzene rings is 2. The lowest BCUT2D eigenvalue weighted by molar-refractivity contribution is 0.163. The van der Waals surface area contributed by atoms with Crippen LogP contribution in [-0.4, -0.2) is 23.8 Å². The van der Waals surface area contributed by atoms with E-state index in [0.717, 1.165) is 23.9 Å². The van der Waals surface area contributed by atoms with Crippen LogP contribution in [0.15, 0.2) is 30.3 Å². The summed E-state index contributed by atoms with van der Waals surface area (Å²) in [6.07, 6.45) is 2.51. The number of nitrogens with one attached hydrogen (secondary N) is 2. The molecule has 0 saturated carbocycles. The van der Waals surface area contributed by atoms with Gasteiger partial charge in [-0.2, -0.15) is 0 Å². The van der Waals surface area contributed by atoms with Crippen LogP contribution >= 0.6 is 0 Å². The molecule has 2 amide bonds. The van der Waals surface area contributed by atoms with Crippen LogP contribution in [0.2, 0.25) is 0 Å². The summed E-state index contributed by atoms with van der Waals surface area (Å²) in [5.74, 6) is 0.244. The number of rotatable bonds is 5. The Morgan fingerprint density at radius 3 is 2.65 bits per heavy atom. The Balaban J connectivity index is 1.69. The third-order valence-electron chi connectivity index (χ3n) is 4.48. The molecule has 0 aromatic heterocycles. The highest BCUT2D eigenvalue weighted by molar-refractivity contribution is 6.04. The molecule has 0 bridgehead atoms. The number of aliphatic hydroxyl groups is 1. The molecule has 2 atom stereocenters. The second-order valence-corrected chi connectivity index (χ2v) is 6.64. The molecule has 2 unspecified atom stereocenters. The summed E-state index contributed by atoms with van der Waals surface area (Å²) < 4.78 is 0. The zero-order valence-corrected chi connectivity index (χ0v) is 13.7. The van der Waals surface area contributed by atoms with Crippen molar-refractivity contribution < 1.29 is 9.90 Å². The van der Waals surface area contributed by atoms with Gasteiger partial charge in [-0.1, -0.05) is 31.2 Å². The van der Waals surface area contributed by atoms with E-state index in [1.54, 1.807) is 6.92 Å². The van der Waals surface area contributed by atoms with Gasteiger partial charge < -0.3 is 15.7 Å². The van der Waals surface area contributed by atoms with Crippen LogP contribution in [0.5, 0.6) is 0 Å². The van der Waals surface area contributed by atoms with E-state index in [2.05, 4.69) is 34.9 Å². The fourth-order valence-electron chi connectivity index (χ4n) is 3.45. The van der Waals surface area contributed by atoms with Gasteiger partial charge in [0.25, 0.3) is 0 Å². The van der Waals surface area contributed by atoms with Gasteiger partial charge >= 0.3 is 6.03 Å². The molecule has 4 nitrogen and oxygen atoms in total. The van der Waals surface area contributed by atoms with Crippen molar-refractivity contribution in [1.82, 2.24) is 5.32 Å². The topological polar surface area (TPSA) is 61.4 Å². The van der Waals surface area contributed by atoms with Crippen LogP contribution < -0.4 is 10.6 Å². The summed E-state index contributed by atoms with van der Waals surface area (Å²) in [5, 5.41) is 17.6. The molecule has 122 valence electrons. The first-order chi connectivity index (χ1) is 11.0. The molecule has 1 aliphatic carbocycles. The number of aliphatic hydroxyl groups excluding tert-OH is 1. The summed E-state index contributed by atoms with van der Waals surface area (Å²) in [6.45, 7) is 4.34. The zero-order valence-electron chi connectivity index (χ0n) is 13.7. The Bertz CT molecular complexity index is 714. The van der Waals surface area contributed by atoms with Gasteiger partial charge in [-0.3, -0.25) is 0 Å². The van der Waals surface area contributed by atoms with Crippen LogP contribution in [0.1, 0.15) is 31.4 Å². The Labute approximate surface area is 136 Å². The Morgan fingerprint density at radius 2 is 1.91 bits per heavy atom. The number of urea groups is 1. The minimum Gasteiger partial charge on any atom is -0.393 e. The van der Waals surface area contributed by atoms with E-state index in [-0.39, 0.29) is 18.1 Å². The van der Waals surface area contributed by atoms with Crippen LogP contribution in [0, 0.1) is 5.92 Å². The zero-order chi connectivity index (χ0) is 16.4. The Hall–Kier alpha value is -2.07. The van der Waals surface area contributed by atoms with Gasteiger partial charge in [0.2, 0.25) is 0 Å². The van der Waals surface area contributed by atoms with E-state index in [1.807, 2.05) is 13.0 Å². The normalized spacial score (nSPS) is 15.4. The van der Waals surface area contributed by atoms with Gasteiger partial charge in [-0.05, 0) is 54.7 Å². The molecular formula is C19H24N2O2. The standard InChI is InChI=1S/C19H24N2O2/c1-12(10-13(2)22)11-20-19(23)21-17-9-8-15-7-6-14-4-3-5-16(17)18(14)15/h3-5,8-9,12-13,22H,6-7,10-11H2,1-2H3,(H2,20,21,23). The molecule has 0 radical (unpaired) electrons. The van der Waals surface area contributed by atoms with Crippen LogP contribution in [-0.2, 0) is 12.8 Å². The smallest absolute Gasteiger partial charge is 0.319 e. The van der Waals surface area contributed by atoms with Crippen molar-refractivity contribution in [2.24, 2.45) is 5.92 Å². The van der Waals surface area contributed by atoms with Gasteiger partial charge in [0.15, 0.2) is 0 Å². The maximum atomic E-state index is 12.1. The first kappa shape index (κ1) is 15.8. The number of carbonyl (C=O) groups is 1. The number of hydrogen-bond donors (Lipinski definition) is 3. The lowest BCUT2D eigenvalue weighted by Crippen LogP contribution is -2.33. The van der Waals surface area contributed by atoms with E-state index >= 15 is 0 Å². The van der Waals surface area contributed by atoms with Crippen molar-refractivity contribution >= 4 is 22.5 Å². The Kier molecular flexibility index (Phi) is 4.53. The number of amides is 2. The van der Waals surface area contributed by atoms with Gasteiger partial charge in [0.05, 0.1) is 11.8 Å². The predicted molar refractivity (Wildman–Crippen MR) is 93.8 cm³/mol. The van der Waals surface area contributed by atoms with E-state index in [9.17, 15) is 9.90 Å². The number of aryl methyl sites for hydroxylation is 2. The van der Waals surface area contributed by atoms with Crippen molar-refractivity contribution in [2.75, 3.05) is 11.9 Å². The molecule has 4 heteroatoms. The Morgan fingerprint density at radius 1 is 1.17 bits per heavy atom. The molecule has 1 aliphatic rings. The molecule has 0 saturated heterocycles.